The van der Waals surface area contributed by atoms with Gasteiger partial charge in [0.25, 0.3) is 0 Å². The van der Waals surface area contributed by atoms with Gasteiger partial charge in [0.1, 0.15) is 0 Å². The minimum absolute atomic E-state index is 0.249. The monoisotopic (exact) mass is 328 g/mol. The molecule has 1 aromatic carbocycles. The molecule has 2 atom stereocenters. The standard InChI is InChI=1S/C20H28N2O2/c1-16-14-22(15-18(16)21-10-12-24-13-11-21)19(23)20(8-5-9-20)17-6-3-2-4-7-17/h2-4,6-7,16,18H,5,8-15H2,1H3/t16-,18-/m1/s1. The number of hydrogen-bond donors (Lipinski definition) is 0. The predicted molar refractivity (Wildman–Crippen MR) is 93.9 cm³/mol. The highest BCUT2D eigenvalue weighted by Crippen LogP contribution is 2.46. The van der Waals surface area contributed by atoms with Crippen molar-refractivity contribution in [3.63, 3.8) is 0 Å². The second-order valence-corrected chi connectivity index (χ2v) is 7.70. The van der Waals surface area contributed by atoms with Gasteiger partial charge in [0.2, 0.25) is 5.91 Å². The highest BCUT2D eigenvalue weighted by atomic mass is 16.5. The molecule has 0 bridgehead atoms. The van der Waals surface area contributed by atoms with E-state index in [1.807, 2.05) is 6.07 Å². The number of amides is 1. The quantitative estimate of drug-likeness (QED) is 0.853. The molecule has 4 nitrogen and oxygen atoms in total. The van der Waals surface area contributed by atoms with Crippen molar-refractivity contribution in [2.45, 2.75) is 37.6 Å². The van der Waals surface area contributed by atoms with Crippen molar-refractivity contribution < 1.29 is 9.53 Å². The van der Waals surface area contributed by atoms with Crippen molar-refractivity contribution in [2.24, 2.45) is 5.92 Å². The Balaban J connectivity index is 1.50. The lowest BCUT2D eigenvalue weighted by molar-refractivity contribution is -0.140. The largest absolute Gasteiger partial charge is 0.379 e. The number of nitrogens with zero attached hydrogens (tertiary/aromatic N) is 2. The fourth-order valence-corrected chi connectivity index (χ4v) is 4.72. The first-order chi connectivity index (χ1) is 11.7. The molecule has 24 heavy (non-hydrogen) atoms. The zero-order valence-electron chi connectivity index (χ0n) is 14.6. The minimum Gasteiger partial charge on any atom is -0.379 e. The number of morpholine rings is 1. The Labute approximate surface area is 144 Å². The Morgan fingerprint density at radius 2 is 1.83 bits per heavy atom. The SMILES string of the molecule is C[C@@H]1CN(C(=O)C2(c3ccccc3)CCC2)C[C@H]1N1CCOCC1. The van der Waals surface area contributed by atoms with Crippen LogP contribution in [0.1, 0.15) is 31.7 Å². The molecule has 0 aromatic heterocycles. The van der Waals surface area contributed by atoms with Crippen molar-refractivity contribution in [3.05, 3.63) is 35.9 Å². The molecule has 4 rings (SSSR count). The third kappa shape index (κ3) is 2.66. The van der Waals surface area contributed by atoms with E-state index in [1.165, 1.54) is 5.56 Å². The summed E-state index contributed by atoms with van der Waals surface area (Å²) in [7, 11) is 0. The van der Waals surface area contributed by atoms with Crippen LogP contribution in [0.5, 0.6) is 0 Å². The zero-order chi connectivity index (χ0) is 16.6. The van der Waals surface area contributed by atoms with Crippen LogP contribution in [0.15, 0.2) is 30.3 Å². The maximum absolute atomic E-state index is 13.4. The molecule has 4 heteroatoms. The number of ether oxygens (including phenoxy) is 1. The first-order valence-electron chi connectivity index (χ1n) is 9.37. The lowest BCUT2D eigenvalue weighted by Gasteiger charge is -2.43. The highest BCUT2D eigenvalue weighted by molar-refractivity contribution is 5.89. The highest BCUT2D eigenvalue weighted by Gasteiger charge is 2.50. The van der Waals surface area contributed by atoms with Crippen LogP contribution in [0.3, 0.4) is 0 Å². The molecule has 0 spiro atoms. The molecular weight excluding hydrogens is 300 g/mol. The van der Waals surface area contributed by atoms with Crippen LogP contribution in [-0.2, 0) is 14.9 Å². The lowest BCUT2D eigenvalue weighted by Crippen LogP contribution is -2.51. The van der Waals surface area contributed by atoms with Gasteiger partial charge in [-0.3, -0.25) is 9.69 Å². The molecule has 1 saturated carbocycles. The third-order valence-electron chi connectivity index (χ3n) is 6.32. The van der Waals surface area contributed by atoms with E-state index in [9.17, 15) is 4.79 Å². The van der Waals surface area contributed by atoms with Gasteiger partial charge in [-0.2, -0.15) is 0 Å². The van der Waals surface area contributed by atoms with Crippen LogP contribution in [0.2, 0.25) is 0 Å². The Hall–Kier alpha value is -1.39. The molecule has 2 saturated heterocycles. The van der Waals surface area contributed by atoms with Crippen molar-refractivity contribution in [2.75, 3.05) is 39.4 Å². The van der Waals surface area contributed by atoms with Gasteiger partial charge in [0, 0.05) is 32.2 Å². The molecule has 0 radical (unpaired) electrons. The Morgan fingerprint density at radius 3 is 2.46 bits per heavy atom. The molecule has 3 fully saturated rings. The first-order valence-corrected chi connectivity index (χ1v) is 9.37. The topological polar surface area (TPSA) is 32.8 Å². The maximum atomic E-state index is 13.4. The van der Waals surface area contributed by atoms with Gasteiger partial charge in [-0.05, 0) is 24.3 Å². The van der Waals surface area contributed by atoms with Crippen molar-refractivity contribution in [1.29, 1.82) is 0 Å². The number of carbonyl (C=O) groups is 1. The fourth-order valence-electron chi connectivity index (χ4n) is 4.72. The average Bonchev–Trinajstić information content (AvgIpc) is 2.97. The van der Waals surface area contributed by atoms with Gasteiger partial charge in [-0.25, -0.2) is 0 Å². The molecule has 0 N–H and O–H groups in total. The van der Waals surface area contributed by atoms with Gasteiger partial charge in [-0.15, -0.1) is 0 Å². The molecule has 2 heterocycles. The van der Waals surface area contributed by atoms with Gasteiger partial charge >= 0.3 is 0 Å². The summed E-state index contributed by atoms with van der Waals surface area (Å²) in [6.07, 6.45) is 3.17. The van der Waals surface area contributed by atoms with Crippen molar-refractivity contribution >= 4 is 5.91 Å². The van der Waals surface area contributed by atoms with Crippen LogP contribution in [0.25, 0.3) is 0 Å². The normalized spacial score (nSPS) is 30.1. The summed E-state index contributed by atoms with van der Waals surface area (Å²) >= 11 is 0. The molecule has 0 unspecified atom stereocenters. The molecule has 1 aromatic rings. The van der Waals surface area contributed by atoms with Gasteiger partial charge in [0.15, 0.2) is 0 Å². The molecule has 130 valence electrons. The van der Waals surface area contributed by atoms with Crippen LogP contribution in [0, 0.1) is 5.92 Å². The maximum Gasteiger partial charge on any atom is 0.233 e. The summed E-state index contributed by atoms with van der Waals surface area (Å²) in [5, 5.41) is 0. The Kier molecular flexibility index (Phi) is 4.35. The smallest absolute Gasteiger partial charge is 0.233 e. The predicted octanol–water partition coefficient (Wildman–Crippen LogP) is 2.29. The zero-order valence-corrected chi connectivity index (χ0v) is 14.6. The molecule has 3 aliphatic rings. The van der Waals surface area contributed by atoms with Crippen LogP contribution in [-0.4, -0.2) is 61.1 Å². The van der Waals surface area contributed by atoms with Crippen molar-refractivity contribution in [1.82, 2.24) is 9.80 Å². The number of benzene rings is 1. The molecule has 2 aliphatic heterocycles. The molecule has 1 aliphatic carbocycles. The summed E-state index contributed by atoms with van der Waals surface area (Å²) in [5.41, 5.74) is 0.963. The van der Waals surface area contributed by atoms with E-state index in [0.717, 1.165) is 58.7 Å². The number of hydrogen-bond acceptors (Lipinski definition) is 3. The van der Waals surface area contributed by atoms with Gasteiger partial charge < -0.3 is 9.64 Å². The Bertz CT molecular complexity index is 579. The third-order valence-corrected chi connectivity index (χ3v) is 6.32. The molecular formula is C20H28N2O2. The van der Waals surface area contributed by atoms with Crippen LogP contribution in [0.4, 0.5) is 0 Å². The number of rotatable bonds is 3. The number of carbonyl (C=O) groups excluding carboxylic acids is 1. The summed E-state index contributed by atoms with van der Waals surface area (Å²) < 4.78 is 5.49. The fraction of sp³-hybridized carbons (Fsp3) is 0.650. The first kappa shape index (κ1) is 16.1. The van der Waals surface area contributed by atoms with E-state index in [2.05, 4.69) is 41.0 Å². The van der Waals surface area contributed by atoms with Gasteiger partial charge in [0.05, 0.1) is 18.6 Å². The van der Waals surface area contributed by atoms with E-state index in [4.69, 9.17) is 4.74 Å². The van der Waals surface area contributed by atoms with Crippen LogP contribution >= 0.6 is 0 Å². The van der Waals surface area contributed by atoms with Crippen LogP contribution < -0.4 is 0 Å². The average molecular weight is 328 g/mol. The Morgan fingerprint density at radius 1 is 1.12 bits per heavy atom. The second-order valence-electron chi connectivity index (χ2n) is 7.70. The van der Waals surface area contributed by atoms with E-state index >= 15 is 0 Å². The summed E-state index contributed by atoms with van der Waals surface area (Å²) in [4.78, 5) is 18.1. The summed E-state index contributed by atoms with van der Waals surface area (Å²) in [6.45, 7) is 7.73. The summed E-state index contributed by atoms with van der Waals surface area (Å²) in [5.74, 6) is 0.905. The second kappa shape index (κ2) is 6.49. The van der Waals surface area contributed by atoms with Crippen molar-refractivity contribution in [3.8, 4) is 0 Å². The van der Waals surface area contributed by atoms with E-state index in [0.29, 0.717) is 17.9 Å². The molecule has 1 amide bonds. The lowest BCUT2D eigenvalue weighted by atomic mass is 9.63. The van der Waals surface area contributed by atoms with Gasteiger partial charge in [-0.1, -0.05) is 43.7 Å². The minimum atomic E-state index is -0.249. The van der Waals surface area contributed by atoms with E-state index in [-0.39, 0.29) is 5.41 Å². The van der Waals surface area contributed by atoms with E-state index < -0.39 is 0 Å². The number of likely N-dealkylation sites (tertiary alicyclic amines) is 1. The summed E-state index contributed by atoms with van der Waals surface area (Å²) in [6, 6.07) is 10.9. The van der Waals surface area contributed by atoms with E-state index in [1.54, 1.807) is 0 Å².